The molecule has 4 heteroatoms. The van der Waals surface area contributed by atoms with Gasteiger partial charge in [0.2, 0.25) is 0 Å². The van der Waals surface area contributed by atoms with E-state index < -0.39 is 9.84 Å². The lowest BCUT2D eigenvalue weighted by Gasteiger charge is -2.02. The number of hydrogen-bond acceptors (Lipinski definition) is 2. The maximum atomic E-state index is 12.2. The molecule has 0 aliphatic rings. The summed E-state index contributed by atoms with van der Waals surface area (Å²) in [5, 5.41) is 1.86. The zero-order valence-corrected chi connectivity index (χ0v) is 15.0. The van der Waals surface area contributed by atoms with Crippen LogP contribution in [0.1, 0.15) is 11.1 Å². The molecule has 0 N–H and O–H groups in total. The van der Waals surface area contributed by atoms with E-state index in [0.29, 0.717) is 10.6 Å². The fourth-order valence-corrected chi connectivity index (χ4v) is 3.70. The molecule has 0 aliphatic heterocycles. The Morgan fingerprint density at radius 3 is 2.00 bits per heavy atom. The Bertz CT molecular complexity index is 959. The van der Waals surface area contributed by atoms with E-state index in [1.165, 1.54) is 5.41 Å². The van der Waals surface area contributed by atoms with Crippen molar-refractivity contribution in [1.82, 2.24) is 0 Å². The summed E-state index contributed by atoms with van der Waals surface area (Å²) in [4.78, 5) is 0. The summed E-state index contributed by atoms with van der Waals surface area (Å²) in [7, 11) is -3.33. The number of benzene rings is 3. The predicted molar refractivity (Wildman–Crippen MR) is 105 cm³/mol. The third kappa shape index (κ3) is 5.05. The van der Waals surface area contributed by atoms with Crippen molar-refractivity contribution in [2.45, 2.75) is 5.75 Å². The highest BCUT2D eigenvalue weighted by atomic mass is 35.5. The molecule has 0 unspecified atom stereocenters. The van der Waals surface area contributed by atoms with Crippen molar-refractivity contribution in [2.75, 3.05) is 0 Å². The summed E-state index contributed by atoms with van der Waals surface area (Å²) in [6.45, 7) is 0. The summed E-state index contributed by atoms with van der Waals surface area (Å²) in [6, 6.07) is 24.7. The highest BCUT2D eigenvalue weighted by Gasteiger charge is 2.07. The van der Waals surface area contributed by atoms with E-state index in [4.69, 9.17) is 11.6 Å². The topological polar surface area (TPSA) is 34.1 Å². The van der Waals surface area contributed by atoms with E-state index in [1.54, 1.807) is 30.3 Å². The highest BCUT2D eigenvalue weighted by Crippen LogP contribution is 2.20. The van der Waals surface area contributed by atoms with Crippen molar-refractivity contribution in [1.29, 1.82) is 0 Å². The second-order valence-electron chi connectivity index (χ2n) is 5.72. The monoisotopic (exact) mass is 368 g/mol. The average molecular weight is 369 g/mol. The molecule has 0 saturated carbocycles. The molecule has 0 aliphatic carbocycles. The smallest absolute Gasteiger partial charge is 0.175 e. The first-order chi connectivity index (χ1) is 12.0. The Kier molecular flexibility index (Phi) is 5.37. The van der Waals surface area contributed by atoms with Gasteiger partial charge in [-0.1, -0.05) is 78.3 Å². The third-order valence-corrected chi connectivity index (χ3v) is 5.31. The molecule has 126 valence electrons. The van der Waals surface area contributed by atoms with E-state index >= 15 is 0 Å². The lowest BCUT2D eigenvalue weighted by atomic mass is 10.0. The minimum atomic E-state index is -3.33. The Morgan fingerprint density at radius 1 is 0.760 bits per heavy atom. The fraction of sp³-hybridized carbons (Fsp3) is 0.0476. The average Bonchev–Trinajstić information content (AvgIpc) is 2.63. The van der Waals surface area contributed by atoms with Gasteiger partial charge < -0.3 is 0 Å². The van der Waals surface area contributed by atoms with Crippen LogP contribution in [0.2, 0.25) is 5.02 Å². The lowest BCUT2D eigenvalue weighted by Crippen LogP contribution is -1.99. The summed E-state index contributed by atoms with van der Waals surface area (Å²) >= 11 is 5.82. The van der Waals surface area contributed by atoms with Crippen molar-refractivity contribution in [2.24, 2.45) is 0 Å². The van der Waals surface area contributed by atoms with Gasteiger partial charge in [-0.05, 0) is 40.5 Å². The first-order valence-electron chi connectivity index (χ1n) is 7.83. The van der Waals surface area contributed by atoms with Crippen LogP contribution < -0.4 is 0 Å². The molecule has 0 bridgehead atoms. The van der Waals surface area contributed by atoms with Crippen LogP contribution in [0, 0.1) is 0 Å². The van der Waals surface area contributed by atoms with Gasteiger partial charge in [-0.25, -0.2) is 8.42 Å². The molecule has 0 radical (unpaired) electrons. The molecule has 2 nitrogen and oxygen atoms in total. The zero-order valence-electron chi connectivity index (χ0n) is 13.5. The zero-order chi connectivity index (χ0) is 17.7. The lowest BCUT2D eigenvalue weighted by molar-refractivity contribution is 0.604. The van der Waals surface area contributed by atoms with Gasteiger partial charge >= 0.3 is 0 Å². The van der Waals surface area contributed by atoms with Gasteiger partial charge in [0.1, 0.15) is 0 Å². The van der Waals surface area contributed by atoms with E-state index in [2.05, 4.69) is 0 Å². The van der Waals surface area contributed by atoms with E-state index in [9.17, 15) is 8.42 Å². The SMILES string of the molecule is O=S(=O)(/C=C/c1ccc(-c2ccccc2)cc1)Cc1ccc(Cl)cc1. The molecule has 0 fully saturated rings. The molecule has 0 amide bonds. The predicted octanol–water partition coefficient (Wildman–Crippen LogP) is 5.59. The van der Waals surface area contributed by atoms with Gasteiger partial charge in [0.25, 0.3) is 0 Å². The van der Waals surface area contributed by atoms with E-state index in [0.717, 1.165) is 16.7 Å². The van der Waals surface area contributed by atoms with Crippen LogP contribution in [-0.4, -0.2) is 8.42 Å². The van der Waals surface area contributed by atoms with Crippen LogP contribution in [0.3, 0.4) is 0 Å². The van der Waals surface area contributed by atoms with Crippen molar-refractivity contribution in [3.63, 3.8) is 0 Å². The Hall–Kier alpha value is -2.36. The number of hydrogen-bond donors (Lipinski definition) is 0. The fourth-order valence-electron chi connectivity index (χ4n) is 2.46. The third-order valence-electron chi connectivity index (χ3n) is 3.77. The molecule has 25 heavy (non-hydrogen) atoms. The molecule has 3 aromatic rings. The molecule has 0 spiro atoms. The second-order valence-corrected chi connectivity index (χ2v) is 8.05. The van der Waals surface area contributed by atoms with E-state index in [-0.39, 0.29) is 5.75 Å². The molecule has 0 heterocycles. The van der Waals surface area contributed by atoms with Crippen LogP contribution in [-0.2, 0) is 15.6 Å². The number of sulfone groups is 1. The van der Waals surface area contributed by atoms with Crippen LogP contribution >= 0.6 is 11.6 Å². The van der Waals surface area contributed by atoms with Crippen molar-refractivity contribution < 1.29 is 8.42 Å². The molecular formula is C21H17ClO2S. The maximum absolute atomic E-state index is 12.2. The summed E-state index contributed by atoms with van der Waals surface area (Å²) < 4.78 is 24.5. The van der Waals surface area contributed by atoms with Gasteiger partial charge in [-0.2, -0.15) is 0 Å². The van der Waals surface area contributed by atoms with Gasteiger partial charge in [-0.3, -0.25) is 0 Å². The van der Waals surface area contributed by atoms with Crippen LogP contribution in [0.5, 0.6) is 0 Å². The number of halogens is 1. The normalized spacial score (nSPS) is 11.7. The minimum absolute atomic E-state index is 0.0389. The summed E-state index contributed by atoms with van der Waals surface area (Å²) in [5.74, 6) is -0.0389. The van der Waals surface area contributed by atoms with Crippen molar-refractivity contribution >= 4 is 27.5 Å². The summed E-state index contributed by atoms with van der Waals surface area (Å²) in [5.41, 5.74) is 3.79. The maximum Gasteiger partial charge on any atom is 0.175 e. The van der Waals surface area contributed by atoms with Gasteiger partial charge in [0.15, 0.2) is 9.84 Å². The van der Waals surface area contributed by atoms with Crippen molar-refractivity contribution in [3.05, 3.63) is 100 Å². The first kappa shape index (κ1) is 17.5. The Balaban J connectivity index is 1.71. The van der Waals surface area contributed by atoms with Gasteiger partial charge in [-0.15, -0.1) is 0 Å². The molecule has 3 aromatic carbocycles. The molecule has 0 atom stereocenters. The minimum Gasteiger partial charge on any atom is -0.224 e. The Labute approximate surface area is 153 Å². The Morgan fingerprint density at radius 2 is 1.36 bits per heavy atom. The van der Waals surface area contributed by atoms with Crippen LogP contribution in [0.25, 0.3) is 17.2 Å². The molecular weight excluding hydrogens is 352 g/mol. The number of rotatable bonds is 5. The quantitative estimate of drug-likeness (QED) is 0.588. The largest absolute Gasteiger partial charge is 0.224 e. The highest BCUT2D eigenvalue weighted by molar-refractivity contribution is 7.93. The molecule has 3 rings (SSSR count). The van der Waals surface area contributed by atoms with Gasteiger partial charge in [0.05, 0.1) is 5.75 Å². The second kappa shape index (κ2) is 7.68. The van der Waals surface area contributed by atoms with Crippen LogP contribution in [0.4, 0.5) is 0 Å². The van der Waals surface area contributed by atoms with Crippen LogP contribution in [0.15, 0.2) is 84.3 Å². The molecule has 0 saturated heterocycles. The standard InChI is InChI=1S/C21H17ClO2S/c22-21-12-8-18(9-13-21)16-25(23,24)15-14-17-6-10-20(11-7-17)19-4-2-1-3-5-19/h1-15H,16H2/b15-14+. The first-order valence-corrected chi connectivity index (χ1v) is 9.92. The van der Waals surface area contributed by atoms with Gasteiger partial charge in [0, 0.05) is 10.4 Å². The summed E-state index contributed by atoms with van der Waals surface area (Å²) in [6.07, 6.45) is 1.63. The van der Waals surface area contributed by atoms with Crippen molar-refractivity contribution in [3.8, 4) is 11.1 Å². The molecule has 0 aromatic heterocycles. The van der Waals surface area contributed by atoms with E-state index in [1.807, 2.05) is 54.6 Å².